The van der Waals surface area contributed by atoms with Crippen LogP contribution in [0.4, 0.5) is 13.2 Å². The molecular formula is C27H24F3N7O2. The molecule has 9 nitrogen and oxygen atoms in total. The number of fused-ring (bicyclic) bond motifs is 1. The lowest BCUT2D eigenvalue weighted by Crippen LogP contribution is -2.17. The van der Waals surface area contributed by atoms with Gasteiger partial charge in [-0.15, -0.1) is 18.3 Å². The molecule has 0 aliphatic heterocycles. The molecule has 3 aromatic heterocycles. The normalized spacial score (nSPS) is 14.5. The van der Waals surface area contributed by atoms with Crippen LogP contribution in [0.15, 0.2) is 60.9 Å². The summed E-state index contributed by atoms with van der Waals surface area (Å²) in [4.78, 5) is 4.72. The summed E-state index contributed by atoms with van der Waals surface area (Å²) in [6.45, 7) is 0.0990. The van der Waals surface area contributed by atoms with Crippen LogP contribution in [0.1, 0.15) is 49.3 Å². The Hall–Kier alpha value is -4.48. The zero-order valence-electron chi connectivity index (χ0n) is 20.7. The first-order valence-electron chi connectivity index (χ1n) is 12.6. The van der Waals surface area contributed by atoms with Crippen LogP contribution in [0, 0.1) is 0 Å². The molecule has 0 unspecified atom stereocenters. The lowest BCUT2D eigenvalue weighted by Gasteiger charge is -2.25. The molecule has 39 heavy (non-hydrogen) atoms. The van der Waals surface area contributed by atoms with Gasteiger partial charge in [-0.25, -0.2) is 14.6 Å². The highest BCUT2D eigenvalue weighted by Gasteiger charge is 2.31. The maximum absolute atomic E-state index is 12.5. The summed E-state index contributed by atoms with van der Waals surface area (Å²) in [5, 5.41) is 18.8. The maximum Gasteiger partial charge on any atom is 0.573 e. The molecule has 1 N–H and O–H groups in total. The summed E-state index contributed by atoms with van der Waals surface area (Å²) >= 11 is 0. The van der Waals surface area contributed by atoms with Crippen molar-refractivity contribution < 1.29 is 22.6 Å². The van der Waals surface area contributed by atoms with Gasteiger partial charge in [-0.3, -0.25) is 0 Å². The molecule has 1 fully saturated rings. The van der Waals surface area contributed by atoms with Crippen molar-refractivity contribution in [3.8, 4) is 34.0 Å². The van der Waals surface area contributed by atoms with E-state index in [2.05, 4.69) is 30.5 Å². The highest BCUT2D eigenvalue weighted by Crippen LogP contribution is 2.39. The van der Waals surface area contributed by atoms with Gasteiger partial charge in [0, 0.05) is 17.7 Å². The summed E-state index contributed by atoms with van der Waals surface area (Å²) in [6, 6.07) is 13.3. The molecule has 3 heterocycles. The van der Waals surface area contributed by atoms with Gasteiger partial charge in [-0.05, 0) is 58.7 Å². The number of aromatic nitrogens is 7. The molecule has 0 saturated heterocycles. The van der Waals surface area contributed by atoms with E-state index in [-0.39, 0.29) is 12.4 Å². The number of H-pyrrole nitrogens is 1. The van der Waals surface area contributed by atoms with E-state index in [9.17, 15) is 13.2 Å². The van der Waals surface area contributed by atoms with E-state index in [1.807, 2.05) is 35.0 Å². The SMILES string of the molecule is FC(F)(F)Oc1cccc(COc2ccc(-c3cnc4c(-c5nnn[nH]5)cnn4c3C3CCCCC3)cc2)c1. The second-order valence-electron chi connectivity index (χ2n) is 9.44. The molecule has 2 aromatic carbocycles. The fourth-order valence-corrected chi connectivity index (χ4v) is 5.11. The number of hydrogen-bond donors (Lipinski definition) is 1. The number of alkyl halides is 3. The molecule has 0 spiro atoms. The number of rotatable bonds is 7. The van der Waals surface area contributed by atoms with E-state index in [0.29, 0.717) is 28.7 Å². The summed E-state index contributed by atoms with van der Waals surface area (Å²) in [7, 11) is 0. The zero-order valence-corrected chi connectivity index (χ0v) is 20.7. The second-order valence-corrected chi connectivity index (χ2v) is 9.44. The molecule has 1 aliphatic rings. The Bertz CT molecular complexity index is 1560. The summed E-state index contributed by atoms with van der Waals surface area (Å²) in [5.74, 6) is 1.16. The van der Waals surface area contributed by atoms with Crippen molar-refractivity contribution in [2.45, 2.75) is 51.0 Å². The Morgan fingerprint density at radius 3 is 2.51 bits per heavy atom. The fourth-order valence-electron chi connectivity index (χ4n) is 5.11. The largest absolute Gasteiger partial charge is 0.573 e. The van der Waals surface area contributed by atoms with Gasteiger partial charge in [0.05, 0.1) is 17.5 Å². The summed E-state index contributed by atoms with van der Waals surface area (Å²) in [6.07, 6.45) is 4.56. The molecule has 0 amide bonds. The highest BCUT2D eigenvalue weighted by atomic mass is 19.4. The van der Waals surface area contributed by atoms with Gasteiger partial charge in [0.1, 0.15) is 18.1 Å². The van der Waals surface area contributed by atoms with Crippen molar-refractivity contribution >= 4 is 5.65 Å². The van der Waals surface area contributed by atoms with Crippen molar-refractivity contribution in [1.82, 2.24) is 35.2 Å². The van der Waals surface area contributed by atoms with Crippen LogP contribution in [-0.4, -0.2) is 41.6 Å². The van der Waals surface area contributed by atoms with E-state index < -0.39 is 6.36 Å². The van der Waals surface area contributed by atoms with Gasteiger partial charge in [-0.2, -0.15) is 5.10 Å². The third-order valence-electron chi connectivity index (χ3n) is 6.86. The van der Waals surface area contributed by atoms with Gasteiger partial charge >= 0.3 is 6.36 Å². The predicted molar refractivity (Wildman–Crippen MR) is 135 cm³/mol. The van der Waals surface area contributed by atoms with Crippen LogP contribution in [-0.2, 0) is 6.61 Å². The minimum Gasteiger partial charge on any atom is -0.489 e. The monoisotopic (exact) mass is 535 g/mol. The van der Waals surface area contributed by atoms with E-state index in [0.717, 1.165) is 48.1 Å². The van der Waals surface area contributed by atoms with Crippen LogP contribution >= 0.6 is 0 Å². The minimum atomic E-state index is -4.74. The molecule has 5 aromatic rings. The number of tetrazole rings is 1. The zero-order chi connectivity index (χ0) is 26.8. The highest BCUT2D eigenvalue weighted by molar-refractivity contribution is 5.75. The number of halogens is 3. The number of nitrogens with one attached hydrogen (secondary N) is 1. The Morgan fingerprint density at radius 2 is 1.77 bits per heavy atom. The first kappa shape index (κ1) is 24.8. The lowest BCUT2D eigenvalue weighted by molar-refractivity contribution is -0.274. The predicted octanol–water partition coefficient (Wildman–Crippen LogP) is 6.10. The van der Waals surface area contributed by atoms with Crippen molar-refractivity contribution in [2.24, 2.45) is 0 Å². The summed E-state index contributed by atoms with van der Waals surface area (Å²) in [5.41, 5.74) is 5.05. The van der Waals surface area contributed by atoms with Gasteiger partial charge < -0.3 is 9.47 Å². The molecular weight excluding hydrogens is 511 g/mol. The number of hydrogen-bond acceptors (Lipinski definition) is 7. The van der Waals surface area contributed by atoms with Crippen molar-refractivity contribution in [1.29, 1.82) is 0 Å². The lowest BCUT2D eigenvalue weighted by atomic mass is 9.84. The minimum absolute atomic E-state index is 0.0990. The smallest absolute Gasteiger partial charge is 0.489 e. The van der Waals surface area contributed by atoms with Crippen LogP contribution in [0.25, 0.3) is 28.2 Å². The topological polar surface area (TPSA) is 103 Å². The molecule has 12 heteroatoms. The number of nitrogens with zero attached hydrogens (tertiary/aromatic N) is 6. The van der Waals surface area contributed by atoms with E-state index >= 15 is 0 Å². The van der Waals surface area contributed by atoms with Gasteiger partial charge in [0.25, 0.3) is 0 Å². The molecule has 0 radical (unpaired) electrons. The van der Waals surface area contributed by atoms with Gasteiger partial charge in [0.2, 0.25) is 0 Å². The molecule has 6 rings (SSSR count). The van der Waals surface area contributed by atoms with Crippen molar-refractivity contribution in [3.05, 3.63) is 72.2 Å². The Kier molecular flexibility index (Phi) is 6.59. The third-order valence-corrected chi connectivity index (χ3v) is 6.86. The first-order chi connectivity index (χ1) is 18.9. The van der Waals surface area contributed by atoms with E-state index in [1.54, 1.807) is 12.3 Å². The molecule has 0 atom stereocenters. The van der Waals surface area contributed by atoms with E-state index in [4.69, 9.17) is 9.72 Å². The van der Waals surface area contributed by atoms with Crippen molar-refractivity contribution in [3.63, 3.8) is 0 Å². The van der Waals surface area contributed by atoms with Crippen LogP contribution in [0.3, 0.4) is 0 Å². The standard InChI is InChI=1S/C27H24F3N7O2/c28-27(29,30)39-21-8-4-5-17(13-21)16-38-20-11-9-18(10-12-20)22-14-31-26-23(25-33-35-36-34-25)15-32-37(26)24(22)19-6-2-1-3-7-19/h4-5,8-15,19H,1-3,6-7,16H2,(H,33,34,35,36). The Balaban J connectivity index is 1.27. The maximum atomic E-state index is 12.5. The molecule has 0 bridgehead atoms. The van der Waals surface area contributed by atoms with Gasteiger partial charge in [-0.1, -0.05) is 43.5 Å². The molecule has 1 saturated carbocycles. The average Bonchev–Trinajstić information content (AvgIpc) is 3.62. The number of ether oxygens (including phenoxy) is 2. The van der Waals surface area contributed by atoms with E-state index in [1.165, 1.54) is 24.6 Å². The van der Waals surface area contributed by atoms with Gasteiger partial charge in [0.15, 0.2) is 11.5 Å². The number of aromatic amines is 1. The Labute approximate surface area is 221 Å². The fraction of sp³-hybridized carbons (Fsp3) is 0.296. The summed E-state index contributed by atoms with van der Waals surface area (Å²) < 4.78 is 49.3. The van der Waals surface area contributed by atoms with Crippen LogP contribution < -0.4 is 9.47 Å². The van der Waals surface area contributed by atoms with Crippen molar-refractivity contribution in [2.75, 3.05) is 0 Å². The third kappa shape index (κ3) is 5.40. The number of benzene rings is 2. The average molecular weight is 536 g/mol. The Morgan fingerprint density at radius 1 is 0.949 bits per heavy atom. The first-order valence-corrected chi connectivity index (χ1v) is 12.6. The van der Waals surface area contributed by atoms with Crippen LogP contribution in [0.2, 0.25) is 0 Å². The van der Waals surface area contributed by atoms with Crippen LogP contribution in [0.5, 0.6) is 11.5 Å². The quantitative estimate of drug-likeness (QED) is 0.269. The second kappa shape index (κ2) is 10.4. The molecule has 1 aliphatic carbocycles. The molecule has 200 valence electrons.